The summed E-state index contributed by atoms with van der Waals surface area (Å²) in [5.74, 6) is 0.226. The van der Waals surface area contributed by atoms with Crippen LogP contribution in [-0.4, -0.2) is 20.6 Å². The predicted molar refractivity (Wildman–Crippen MR) is 85.4 cm³/mol. The highest BCUT2D eigenvalue weighted by molar-refractivity contribution is 7.84. The topological polar surface area (TPSA) is 78.6 Å². The van der Waals surface area contributed by atoms with Crippen molar-refractivity contribution in [2.45, 2.75) is 51.2 Å². The van der Waals surface area contributed by atoms with E-state index in [1.807, 2.05) is 18.2 Å². The molecule has 0 aliphatic carbocycles. The molecule has 0 radical (unpaired) electrons. The average Bonchev–Trinajstić information content (AvgIpc) is 2.87. The summed E-state index contributed by atoms with van der Waals surface area (Å²) in [6, 6.07) is 10.1. The van der Waals surface area contributed by atoms with Gasteiger partial charge in [0.1, 0.15) is 0 Å². The smallest absolute Gasteiger partial charge is 0.333 e. The summed E-state index contributed by atoms with van der Waals surface area (Å²) >= 11 is 0. The van der Waals surface area contributed by atoms with Crippen LogP contribution in [0.3, 0.4) is 0 Å². The van der Waals surface area contributed by atoms with E-state index in [9.17, 15) is 8.42 Å². The number of ether oxygens (including phenoxy) is 1. The summed E-state index contributed by atoms with van der Waals surface area (Å²) in [5, 5.41) is 4.89. The monoisotopic (exact) mass is 327 g/mol. The van der Waals surface area contributed by atoms with Gasteiger partial charge >= 0.3 is 10.3 Å². The van der Waals surface area contributed by atoms with Gasteiger partial charge in [0.05, 0.1) is 18.3 Å². The highest BCUT2D eigenvalue weighted by atomic mass is 32.2. The Hall–Kier alpha value is -0.950. The van der Waals surface area contributed by atoms with E-state index in [0.29, 0.717) is 6.42 Å². The molecule has 0 bridgehead atoms. The van der Waals surface area contributed by atoms with Crippen molar-refractivity contribution in [3.63, 3.8) is 0 Å². The first-order chi connectivity index (χ1) is 10.4. The van der Waals surface area contributed by atoms with Crippen LogP contribution in [0.15, 0.2) is 30.3 Å². The second kappa shape index (κ2) is 7.08. The Labute approximate surface area is 133 Å². The van der Waals surface area contributed by atoms with E-state index in [1.165, 1.54) is 0 Å². The third kappa shape index (κ3) is 4.29. The van der Waals surface area contributed by atoms with Gasteiger partial charge in [0.15, 0.2) is 0 Å². The fourth-order valence-corrected chi connectivity index (χ4v) is 3.58. The van der Waals surface area contributed by atoms with Gasteiger partial charge in [-0.25, -0.2) is 5.14 Å². The van der Waals surface area contributed by atoms with E-state index in [-0.39, 0.29) is 24.2 Å². The van der Waals surface area contributed by atoms with E-state index < -0.39 is 10.3 Å². The maximum absolute atomic E-state index is 10.9. The number of nitrogens with two attached hydrogens (primary N) is 1. The number of hydrogen-bond donors (Lipinski definition) is 1. The van der Waals surface area contributed by atoms with Crippen molar-refractivity contribution in [2.75, 3.05) is 6.61 Å². The van der Waals surface area contributed by atoms with Crippen molar-refractivity contribution in [3.8, 4) is 0 Å². The minimum atomic E-state index is -3.88. The van der Waals surface area contributed by atoms with Gasteiger partial charge in [-0.05, 0) is 37.2 Å². The molecule has 1 aromatic carbocycles. The fraction of sp³-hybridized carbons (Fsp3) is 0.625. The lowest BCUT2D eigenvalue weighted by Crippen LogP contribution is -2.25. The molecule has 6 heteroatoms. The summed E-state index contributed by atoms with van der Waals surface area (Å²) in [7, 11) is -3.88. The molecule has 1 aromatic rings. The molecule has 0 saturated carbocycles. The van der Waals surface area contributed by atoms with Crippen LogP contribution in [0.25, 0.3) is 0 Å². The minimum Gasteiger partial charge on any atom is -0.367 e. The SMILES string of the molecule is CCC1(CC)C[C@@H](CCOS(N)(=O)=O)[C@H](c2ccccc2)O1. The van der Waals surface area contributed by atoms with Gasteiger partial charge in [-0.1, -0.05) is 44.2 Å². The Balaban J connectivity index is 2.13. The molecule has 2 rings (SSSR count). The van der Waals surface area contributed by atoms with Crippen LogP contribution in [0, 0.1) is 5.92 Å². The second-order valence-electron chi connectivity index (χ2n) is 5.91. The van der Waals surface area contributed by atoms with Gasteiger partial charge in [0, 0.05) is 0 Å². The zero-order chi connectivity index (χ0) is 16.2. The molecule has 0 amide bonds. The molecule has 2 atom stereocenters. The molecule has 1 fully saturated rings. The zero-order valence-corrected chi connectivity index (χ0v) is 14.0. The number of rotatable bonds is 7. The number of benzene rings is 1. The molecule has 0 unspecified atom stereocenters. The Bertz CT molecular complexity index is 569. The second-order valence-corrected chi connectivity index (χ2v) is 7.13. The van der Waals surface area contributed by atoms with Crippen LogP contribution in [0.1, 0.15) is 51.2 Å². The Kier molecular flexibility index (Phi) is 5.60. The molecule has 0 spiro atoms. The summed E-state index contributed by atoms with van der Waals surface area (Å²) < 4.78 is 32.9. The first-order valence-corrected chi connectivity index (χ1v) is 9.26. The lowest BCUT2D eigenvalue weighted by molar-refractivity contribution is -0.0521. The molecular weight excluding hydrogens is 302 g/mol. The Morgan fingerprint density at radius 3 is 2.45 bits per heavy atom. The van der Waals surface area contributed by atoms with E-state index in [2.05, 4.69) is 26.0 Å². The van der Waals surface area contributed by atoms with Crippen molar-refractivity contribution in [3.05, 3.63) is 35.9 Å². The molecule has 22 heavy (non-hydrogen) atoms. The van der Waals surface area contributed by atoms with Crippen molar-refractivity contribution >= 4 is 10.3 Å². The maximum atomic E-state index is 10.9. The van der Waals surface area contributed by atoms with Crippen molar-refractivity contribution in [1.82, 2.24) is 0 Å². The molecule has 124 valence electrons. The van der Waals surface area contributed by atoms with Crippen LogP contribution in [0.4, 0.5) is 0 Å². The van der Waals surface area contributed by atoms with Crippen LogP contribution >= 0.6 is 0 Å². The standard InChI is InChI=1S/C16H25NO4S/c1-3-16(4-2)12-14(10-11-20-22(17,18)19)15(21-16)13-8-6-5-7-9-13/h5-9,14-15H,3-4,10-12H2,1-2H3,(H2,17,18,19)/t14-,15+/m1/s1. The van der Waals surface area contributed by atoms with Gasteiger partial charge in [-0.15, -0.1) is 0 Å². The number of hydrogen-bond acceptors (Lipinski definition) is 4. The minimum absolute atomic E-state index is 0.0230. The molecule has 1 aliphatic rings. The maximum Gasteiger partial charge on any atom is 0.333 e. The first kappa shape index (κ1) is 17.4. The van der Waals surface area contributed by atoms with Crippen molar-refractivity contribution in [2.24, 2.45) is 11.1 Å². The van der Waals surface area contributed by atoms with E-state index in [1.54, 1.807) is 0 Å². The normalized spacial score (nSPS) is 24.5. The quantitative estimate of drug-likeness (QED) is 0.835. The summed E-state index contributed by atoms with van der Waals surface area (Å²) in [4.78, 5) is 0. The Morgan fingerprint density at radius 1 is 1.27 bits per heavy atom. The van der Waals surface area contributed by atoms with Gasteiger partial charge in [-0.2, -0.15) is 8.42 Å². The van der Waals surface area contributed by atoms with Crippen molar-refractivity contribution < 1.29 is 17.3 Å². The van der Waals surface area contributed by atoms with Crippen LogP contribution < -0.4 is 5.14 Å². The molecule has 0 aromatic heterocycles. The predicted octanol–water partition coefficient (Wildman–Crippen LogP) is 2.93. The largest absolute Gasteiger partial charge is 0.367 e. The van der Waals surface area contributed by atoms with Crippen LogP contribution in [-0.2, 0) is 19.2 Å². The third-order valence-corrected chi connectivity index (χ3v) is 5.09. The van der Waals surface area contributed by atoms with Crippen molar-refractivity contribution in [1.29, 1.82) is 0 Å². The molecule has 2 N–H and O–H groups in total. The van der Waals surface area contributed by atoms with Gasteiger partial charge in [-0.3, -0.25) is 4.18 Å². The summed E-state index contributed by atoms with van der Waals surface area (Å²) in [6.07, 6.45) is 3.38. The summed E-state index contributed by atoms with van der Waals surface area (Å²) in [5.41, 5.74) is 0.999. The third-order valence-electron chi connectivity index (χ3n) is 4.59. The molecular formula is C16H25NO4S. The van der Waals surface area contributed by atoms with Gasteiger partial charge in [0.2, 0.25) is 0 Å². The first-order valence-electron chi connectivity index (χ1n) is 7.79. The molecule has 1 aliphatic heterocycles. The summed E-state index contributed by atoms with van der Waals surface area (Å²) in [6.45, 7) is 4.36. The fourth-order valence-electron chi connectivity index (χ4n) is 3.26. The highest BCUT2D eigenvalue weighted by Gasteiger charge is 2.44. The zero-order valence-electron chi connectivity index (χ0n) is 13.2. The van der Waals surface area contributed by atoms with Gasteiger partial charge < -0.3 is 4.74 Å². The van der Waals surface area contributed by atoms with E-state index in [0.717, 1.165) is 24.8 Å². The Morgan fingerprint density at radius 2 is 1.91 bits per heavy atom. The van der Waals surface area contributed by atoms with Crippen LogP contribution in [0.5, 0.6) is 0 Å². The molecule has 1 heterocycles. The lowest BCUT2D eigenvalue weighted by atomic mass is 9.85. The lowest BCUT2D eigenvalue weighted by Gasteiger charge is -2.26. The average molecular weight is 327 g/mol. The van der Waals surface area contributed by atoms with Gasteiger partial charge in [0.25, 0.3) is 0 Å². The van der Waals surface area contributed by atoms with E-state index in [4.69, 9.17) is 14.1 Å². The van der Waals surface area contributed by atoms with E-state index >= 15 is 0 Å². The molecule has 1 saturated heterocycles. The highest BCUT2D eigenvalue weighted by Crippen LogP contribution is 2.48. The van der Waals surface area contributed by atoms with Crippen LogP contribution in [0.2, 0.25) is 0 Å². The molecule has 5 nitrogen and oxygen atoms in total.